The minimum atomic E-state index is 0.828. The van der Waals surface area contributed by atoms with Crippen LogP contribution in [0.1, 0.15) is 17.3 Å². The molecule has 0 saturated carbocycles. The first-order chi connectivity index (χ1) is 5.24. The van der Waals surface area contributed by atoms with E-state index in [0.717, 1.165) is 30.3 Å². The summed E-state index contributed by atoms with van der Waals surface area (Å²) in [5.41, 5.74) is 0.996. The van der Waals surface area contributed by atoms with Crippen LogP contribution in [0.4, 0.5) is 0 Å². The Kier molecular flexibility index (Phi) is 2.65. The first-order valence-corrected chi connectivity index (χ1v) is 3.81. The van der Waals surface area contributed by atoms with Crippen molar-refractivity contribution in [2.75, 3.05) is 13.6 Å². The Morgan fingerprint density at radius 1 is 1.45 bits per heavy atom. The second-order valence-corrected chi connectivity index (χ2v) is 2.60. The summed E-state index contributed by atoms with van der Waals surface area (Å²) < 4.78 is 5.37. The summed E-state index contributed by atoms with van der Waals surface area (Å²) >= 11 is 0. The van der Waals surface area contributed by atoms with Gasteiger partial charge in [-0.05, 0) is 20.9 Å². The molecule has 0 atom stereocenters. The lowest BCUT2D eigenvalue weighted by molar-refractivity contribution is 0.466. The van der Waals surface area contributed by atoms with Crippen LogP contribution in [0, 0.1) is 13.8 Å². The molecule has 0 aliphatic carbocycles. The van der Waals surface area contributed by atoms with Crippen molar-refractivity contribution in [2.45, 2.75) is 20.3 Å². The number of hydrogen-bond donors (Lipinski definition) is 1. The molecule has 0 bridgehead atoms. The zero-order valence-corrected chi connectivity index (χ0v) is 7.27. The molecule has 1 heterocycles. The fraction of sp³-hybridized carbons (Fsp3) is 0.625. The van der Waals surface area contributed by atoms with Crippen molar-refractivity contribution in [3.05, 3.63) is 17.3 Å². The minimum Gasteiger partial charge on any atom is -0.446 e. The first kappa shape index (κ1) is 8.27. The van der Waals surface area contributed by atoms with Crippen molar-refractivity contribution >= 4 is 0 Å². The molecule has 0 unspecified atom stereocenters. The summed E-state index contributed by atoms with van der Waals surface area (Å²) in [5, 5.41) is 3.04. The maximum atomic E-state index is 5.37. The molecule has 0 aliphatic heterocycles. The third-order valence-electron chi connectivity index (χ3n) is 1.66. The molecule has 0 fully saturated rings. The van der Waals surface area contributed by atoms with Gasteiger partial charge in [0.2, 0.25) is 0 Å². The molecular formula is C8H14N2O. The maximum absolute atomic E-state index is 5.37. The van der Waals surface area contributed by atoms with Gasteiger partial charge in [0.15, 0.2) is 5.89 Å². The van der Waals surface area contributed by atoms with E-state index in [-0.39, 0.29) is 0 Å². The second-order valence-electron chi connectivity index (χ2n) is 2.60. The van der Waals surface area contributed by atoms with Gasteiger partial charge in [-0.25, -0.2) is 4.98 Å². The minimum absolute atomic E-state index is 0.828. The van der Waals surface area contributed by atoms with Crippen LogP contribution in [0.25, 0.3) is 0 Å². The number of aryl methyl sites for hydroxylation is 2. The van der Waals surface area contributed by atoms with E-state index in [4.69, 9.17) is 4.42 Å². The molecule has 1 aromatic rings. The highest BCUT2D eigenvalue weighted by atomic mass is 16.4. The van der Waals surface area contributed by atoms with Crippen LogP contribution in [-0.2, 0) is 6.42 Å². The summed E-state index contributed by atoms with van der Waals surface area (Å²) in [6.07, 6.45) is 0.866. The van der Waals surface area contributed by atoms with Crippen molar-refractivity contribution in [3.63, 3.8) is 0 Å². The van der Waals surface area contributed by atoms with Gasteiger partial charge in [-0.15, -0.1) is 0 Å². The Balaban J connectivity index is 2.58. The normalized spacial score (nSPS) is 10.5. The Labute approximate surface area is 66.8 Å². The molecule has 1 N–H and O–H groups in total. The van der Waals surface area contributed by atoms with Crippen molar-refractivity contribution in [1.82, 2.24) is 10.3 Å². The molecule has 0 aromatic carbocycles. The molecule has 0 radical (unpaired) electrons. The molecule has 0 spiro atoms. The average molecular weight is 154 g/mol. The third-order valence-corrected chi connectivity index (χ3v) is 1.66. The number of nitrogens with one attached hydrogen (secondary N) is 1. The van der Waals surface area contributed by atoms with E-state index < -0.39 is 0 Å². The molecule has 1 aromatic heterocycles. The topological polar surface area (TPSA) is 38.1 Å². The summed E-state index contributed by atoms with van der Waals surface area (Å²) in [6, 6.07) is 0. The summed E-state index contributed by atoms with van der Waals surface area (Å²) in [6.45, 7) is 4.81. The van der Waals surface area contributed by atoms with Crippen LogP contribution in [0.2, 0.25) is 0 Å². The molecule has 3 nitrogen and oxygen atoms in total. The quantitative estimate of drug-likeness (QED) is 0.707. The summed E-state index contributed by atoms with van der Waals surface area (Å²) in [4.78, 5) is 4.24. The van der Waals surface area contributed by atoms with Gasteiger partial charge < -0.3 is 9.73 Å². The van der Waals surface area contributed by atoms with Gasteiger partial charge in [-0.3, -0.25) is 0 Å². The smallest absolute Gasteiger partial charge is 0.195 e. The van der Waals surface area contributed by atoms with Gasteiger partial charge in [0, 0.05) is 13.0 Å². The van der Waals surface area contributed by atoms with Crippen LogP contribution >= 0.6 is 0 Å². The predicted molar refractivity (Wildman–Crippen MR) is 43.6 cm³/mol. The largest absolute Gasteiger partial charge is 0.446 e. The monoisotopic (exact) mass is 154 g/mol. The summed E-state index contributed by atoms with van der Waals surface area (Å²) in [7, 11) is 1.92. The van der Waals surface area contributed by atoms with Gasteiger partial charge >= 0.3 is 0 Å². The van der Waals surface area contributed by atoms with Crippen LogP contribution < -0.4 is 5.32 Å². The van der Waals surface area contributed by atoms with Crippen molar-refractivity contribution in [1.29, 1.82) is 0 Å². The zero-order valence-electron chi connectivity index (χ0n) is 7.27. The van der Waals surface area contributed by atoms with Crippen LogP contribution in [0.5, 0.6) is 0 Å². The number of aromatic nitrogens is 1. The molecular weight excluding hydrogens is 140 g/mol. The Bertz CT molecular complexity index is 210. The first-order valence-electron chi connectivity index (χ1n) is 3.81. The lowest BCUT2D eigenvalue weighted by Gasteiger charge is -1.91. The number of nitrogens with zero attached hydrogens (tertiary/aromatic N) is 1. The molecule has 11 heavy (non-hydrogen) atoms. The van der Waals surface area contributed by atoms with E-state index in [1.54, 1.807) is 0 Å². The van der Waals surface area contributed by atoms with E-state index in [1.165, 1.54) is 0 Å². The van der Waals surface area contributed by atoms with Crippen LogP contribution in [0.15, 0.2) is 4.42 Å². The second kappa shape index (κ2) is 3.53. The number of oxazole rings is 1. The highest BCUT2D eigenvalue weighted by Crippen LogP contribution is 2.07. The van der Waals surface area contributed by atoms with Crippen molar-refractivity contribution < 1.29 is 4.42 Å². The fourth-order valence-electron chi connectivity index (χ4n) is 0.878. The molecule has 0 amide bonds. The SMILES string of the molecule is CNCCc1nc(C)c(C)o1. The zero-order chi connectivity index (χ0) is 8.27. The Morgan fingerprint density at radius 3 is 2.64 bits per heavy atom. The van der Waals surface area contributed by atoms with E-state index >= 15 is 0 Å². The lowest BCUT2D eigenvalue weighted by atomic mass is 10.4. The van der Waals surface area contributed by atoms with Gasteiger partial charge in [-0.2, -0.15) is 0 Å². The van der Waals surface area contributed by atoms with Gasteiger partial charge in [-0.1, -0.05) is 0 Å². The highest BCUT2D eigenvalue weighted by molar-refractivity contribution is 5.05. The number of hydrogen-bond acceptors (Lipinski definition) is 3. The number of likely N-dealkylation sites (N-methyl/N-ethyl adjacent to an activating group) is 1. The van der Waals surface area contributed by atoms with E-state index in [9.17, 15) is 0 Å². The molecule has 0 aliphatic rings. The molecule has 0 saturated heterocycles. The average Bonchev–Trinajstić information content (AvgIpc) is 2.28. The lowest BCUT2D eigenvalue weighted by Crippen LogP contribution is -2.10. The van der Waals surface area contributed by atoms with Crippen molar-refractivity contribution in [2.24, 2.45) is 0 Å². The van der Waals surface area contributed by atoms with Gasteiger partial charge in [0.05, 0.1) is 5.69 Å². The van der Waals surface area contributed by atoms with E-state index in [0.29, 0.717) is 0 Å². The molecule has 1 rings (SSSR count). The highest BCUT2D eigenvalue weighted by Gasteiger charge is 2.03. The van der Waals surface area contributed by atoms with Crippen LogP contribution in [0.3, 0.4) is 0 Å². The maximum Gasteiger partial charge on any atom is 0.195 e. The van der Waals surface area contributed by atoms with Gasteiger partial charge in [0.1, 0.15) is 5.76 Å². The van der Waals surface area contributed by atoms with Crippen molar-refractivity contribution in [3.8, 4) is 0 Å². The van der Waals surface area contributed by atoms with E-state index in [2.05, 4.69) is 10.3 Å². The summed E-state index contributed by atoms with van der Waals surface area (Å²) in [5.74, 6) is 1.76. The number of rotatable bonds is 3. The fourth-order valence-corrected chi connectivity index (χ4v) is 0.878. The van der Waals surface area contributed by atoms with Gasteiger partial charge in [0.25, 0.3) is 0 Å². The van der Waals surface area contributed by atoms with E-state index in [1.807, 2.05) is 20.9 Å². The molecule has 3 heteroatoms. The Morgan fingerprint density at radius 2 is 2.18 bits per heavy atom. The Hall–Kier alpha value is -0.830. The molecule has 62 valence electrons. The standard InChI is InChI=1S/C8H14N2O/c1-6-7(2)11-8(10-6)4-5-9-3/h9H,4-5H2,1-3H3. The third kappa shape index (κ3) is 2.05. The predicted octanol–water partition coefficient (Wildman–Crippen LogP) is 1.05. The van der Waals surface area contributed by atoms with Crippen LogP contribution in [-0.4, -0.2) is 18.6 Å².